The van der Waals surface area contributed by atoms with E-state index in [1.807, 2.05) is 37.3 Å². The summed E-state index contributed by atoms with van der Waals surface area (Å²) in [6.45, 7) is 5.02. The number of aryl methyl sites for hydroxylation is 1. The zero-order valence-corrected chi connectivity index (χ0v) is 12.5. The molecule has 1 heterocycles. The fourth-order valence-electron chi connectivity index (χ4n) is 2.82. The minimum absolute atomic E-state index is 0.0799. The fraction of sp³-hybridized carbons (Fsp3) is 0.211. The molecule has 2 aromatic carbocycles. The molecule has 1 aliphatic heterocycles. The van der Waals surface area contributed by atoms with E-state index in [1.54, 1.807) is 6.08 Å². The first-order valence-electron chi connectivity index (χ1n) is 7.36. The first kappa shape index (κ1) is 13.6. The van der Waals surface area contributed by atoms with Crippen molar-refractivity contribution in [2.24, 2.45) is 0 Å². The van der Waals surface area contributed by atoms with Crippen molar-refractivity contribution in [3.05, 3.63) is 77.0 Å². The van der Waals surface area contributed by atoms with Crippen LogP contribution in [0.1, 0.15) is 28.4 Å². The minimum atomic E-state index is 0.0799. The normalized spacial score (nSPS) is 15.3. The predicted octanol–water partition coefficient (Wildman–Crippen LogP) is 4.14. The summed E-state index contributed by atoms with van der Waals surface area (Å²) in [5.74, 6) is 0.0799. The monoisotopic (exact) mass is 277 g/mol. The number of fused-ring (bicyclic) bond motifs is 1. The van der Waals surface area contributed by atoms with Gasteiger partial charge in [-0.3, -0.25) is 4.79 Å². The van der Waals surface area contributed by atoms with Gasteiger partial charge in [0.25, 0.3) is 0 Å². The third-order valence-electron chi connectivity index (χ3n) is 3.95. The van der Waals surface area contributed by atoms with E-state index in [9.17, 15) is 4.79 Å². The Morgan fingerprint density at radius 2 is 1.86 bits per heavy atom. The molecular weight excluding hydrogens is 258 g/mol. The molecule has 106 valence electrons. The van der Waals surface area contributed by atoms with Crippen molar-refractivity contribution in [3.63, 3.8) is 0 Å². The summed E-state index contributed by atoms with van der Waals surface area (Å²) in [7, 11) is 0. The van der Waals surface area contributed by atoms with Crippen LogP contribution in [0, 0.1) is 6.92 Å². The largest absolute Gasteiger partial charge is 0.345 e. The van der Waals surface area contributed by atoms with Crippen LogP contribution in [-0.2, 0) is 6.42 Å². The first-order valence-corrected chi connectivity index (χ1v) is 7.36. The maximum Gasteiger partial charge on any atom is 0.187 e. The van der Waals surface area contributed by atoms with E-state index in [4.69, 9.17) is 0 Å². The molecule has 21 heavy (non-hydrogen) atoms. The predicted molar refractivity (Wildman–Crippen MR) is 86.8 cm³/mol. The van der Waals surface area contributed by atoms with Crippen LogP contribution in [0.2, 0.25) is 0 Å². The number of rotatable bonds is 3. The lowest BCUT2D eigenvalue weighted by molar-refractivity contribution is 0.104. The lowest BCUT2D eigenvalue weighted by Crippen LogP contribution is -2.18. The Balaban J connectivity index is 1.90. The van der Waals surface area contributed by atoms with Gasteiger partial charge in [0.15, 0.2) is 5.78 Å². The molecule has 0 saturated carbocycles. The molecule has 0 radical (unpaired) electrons. The van der Waals surface area contributed by atoms with Crippen LogP contribution in [0.5, 0.6) is 0 Å². The molecule has 0 atom stereocenters. The first-order chi connectivity index (χ1) is 10.2. The fourth-order valence-corrected chi connectivity index (χ4v) is 2.82. The van der Waals surface area contributed by atoms with Crippen LogP contribution in [0.15, 0.2) is 60.3 Å². The van der Waals surface area contributed by atoms with Crippen molar-refractivity contribution in [3.8, 4) is 0 Å². The number of anilines is 1. The molecule has 2 heteroatoms. The maximum atomic E-state index is 12.4. The van der Waals surface area contributed by atoms with Gasteiger partial charge in [0.1, 0.15) is 0 Å². The van der Waals surface area contributed by atoms with E-state index in [1.165, 1.54) is 16.8 Å². The Kier molecular flexibility index (Phi) is 3.61. The van der Waals surface area contributed by atoms with Crippen molar-refractivity contribution >= 4 is 11.5 Å². The number of allylic oxidation sites excluding steroid dienone is 2. The summed E-state index contributed by atoms with van der Waals surface area (Å²) >= 11 is 0. The Labute approximate surface area is 125 Å². The van der Waals surface area contributed by atoms with E-state index >= 15 is 0 Å². The van der Waals surface area contributed by atoms with Gasteiger partial charge in [-0.05, 0) is 25.5 Å². The summed E-state index contributed by atoms with van der Waals surface area (Å²) in [5.41, 5.74) is 5.53. The molecule has 0 fully saturated rings. The van der Waals surface area contributed by atoms with E-state index in [2.05, 4.69) is 30.0 Å². The van der Waals surface area contributed by atoms with Crippen molar-refractivity contribution in [2.45, 2.75) is 20.3 Å². The van der Waals surface area contributed by atoms with Gasteiger partial charge in [0, 0.05) is 36.0 Å². The van der Waals surface area contributed by atoms with E-state index < -0.39 is 0 Å². The summed E-state index contributed by atoms with van der Waals surface area (Å²) in [6, 6.07) is 16.1. The number of ketones is 1. The third kappa shape index (κ3) is 2.62. The molecule has 0 amide bonds. The quantitative estimate of drug-likeness (QED) is 0.620. The van der Waals surface area contributed by atoms with Crippen molar-refractivity contribution in [1.82, 2.24) is 0 Å². The second kappa shape index (κ2) is 5.57. The van der Waals surface area contributed by atoms with E-state index in [-0.39, 0.29) is 5.78 Å². The highest BCUT2D eigenvalue weighted by Crippen LogP contribution is 2.34. The molecule has 0 N–H and O–H groups in total. The SMILES string of the molecule is CCN1/C(=C\C(=O)c2ccc(C)cc2)Cc2ccccc21. The zero-order valence-electron chi connectivity index (χ0n) is 12.5. The average molecular weight is 277 g/mol. The molecule has 2 aromatic rings. The van der Waals surface area contributed by atoms with Gasteiger partial charge in [-0.2, -0.15) is 0 Å². The topological polar surface area (TPSA) is 20.3 Å². The van der Waals surface area contributed by atoms with Crippen LogP contribution >= 0.6 is 0 Å². The van der Waals surface area contributed by atoms with Crippen molar-refractivity contribution in [1.29, 1.82) is 0 Å². The van der Waals surface area contributed by atoms with Crippen LogP contribution in [0.25, 0.3) is 0 Å². The number of para-hydroxylation sites is 1. The van der Waals surface area contributed by atoms with Crippen molar-refractivity contribution < 1.29 is 4.79 Å². The second-order valence-electron chi connectivity index (χ2n) is 5.42. The molecule has 3 rings (SSSR count). The molecule has 0 bridgehead atoms. The van der Waals surface area contributed by atoms with Crippen LogP contribution in [-0.4, -0.2) is 12.3 Å². The lowest BCUT2D eigenvalue weighted by atomic mass is 10.1. The minimum Gasteiger partial charge on any atom is -0.345 e. The molecular formula is C19H19NO. The highest BCUT2D eigenvalue weighted by Gasteiger charge is 2.22. The lowest BCUT2D eigenvalue weighted by Gasteiger charge is -2.19. The van der Waals surface area contributed by atoms with Gasteiger partial charge in [0.05, 0.1) is 0 Å². The molecule has 0 aliphatic carbocycles. The molecule has 0 saturated heterocycles. The molecule has 0 spiro atoms. The van der Waals surface area contributed by atoms with Gasteiger partial charge in [-0.15, -0.1) is 0 Å². The van der Waals surface area contributed by atoms with Gasteiger partial charge >= 0.3 is 0 Å². The number of hydrogen-bond donors (Lipinski definition) is 0. The van der Waals surface area contributed by atoms with Gasteiger partial charge in [0.2, 0.25) is 0 Å². The smallest absolute Gasteiger partial charge is 0.187 e. The van der Waals surface area contributed by atoms with Crippen LogP contribution < -0.4 is 4.90 Å². The van der Waals surface area contributed by atoms with E-state index in [0.717, 1.165) is 24.2 Å². The highest BCUT2D eigenvalue weighted by molar-refractivity contribution is 6.05. The standard InChI is InChI=1S/C19H19NO/c1-3-20-17(12-16-6-4-5-7-18(16)20)13-19(21)15-10-8-14(2)9-11-15/h4-11,13H,3,12H2,1-2H3/b17-13-. The Bertz CT molecular complexity index is 698. The van der Waals surface area contributed by atoms with E-state index in [0.29, 0.717) is 0 Å². The Morgan fingerprint density at radius 1 is 1.14 bits per heavy atom. The summed E-state index contributed by atoms with van der Waals surface area (Å²) in [4.78, 5) is 14.6. The molecule has 1 aliphatic rings. The van der Waals surface area contributed by atoms with Gasteiger partial charge in [-0.1, -0.05) is 48.0 Å². The summed E-state index contributed by atoms with van der Waals surface area (Å²) < 4.78 is 0. The number of carbonyl (C=O) groups excluding carboxylic acids is 1. The number of nitrogens with zero attached hydrogens (tertiary/aromatic N) is 1. The third-order valence-corrected chi connectivity index (χ3v) is 3.95. The van der Waals surface area contributed by atoms with Gasteiger partial charge in [-0.25, -0.2) is 0 Å². The summed E-state index contributed by atoms with van der Waals surface area (Å²) in [6.07, 6.45) is 2.62. The number of hydrogen-bond acceptors (Lipinski definition) is 2. The number of likely N-dealkylation sites (N-methyl/N-ethyl adjacent to an activating group) is 1. The molecule has 0 unspecified atom stereocenters. The van der Waals surface area contributed by atoms with Crippen molar-refractivity contribution in [2.75, 3.05) is 11.4 Å². The van der Waals surface area contributed by atoms with Crippen LogP contribution in [0.3, 0.4) is 0 Å². The number of benzene rings is 2. The van der Waals surface area contributed by atoms with Gasteiger partial charge < -0.3 is 4.90 Å². The zero-order chi connectivity index (χ0) is 14.8. The average Bonchev–Trinajstić information content (AvgIpc) is 2.84. The molecule has 0 aromatic heterocycles. The van der Waals surface area contributed by atoms with Crippen LogP contribution in [0.4, 0.5) is 5.69 Å². The maximum absolute atomic E-state index is 12.4. The Hall–Kier alpha value is -2.35. The number of carbonyl (C=O) groups is 1. The highest BCUT2D eigenvalue weighted by atomic mass is 16.1. The Morgan fingerprint density at radius 3 is 2.57 bits per heavy atom. The molecule has 2 nitrogen and oxygen atoms in total. The summed E-state index contributed by atoms with van der Waals surface area (Å²) in [5, 5.41) is 0. The second-order valence-corrected chi connectivity index (χ2v) is 5.42.